The fourth-order valence-electron chi connectivity index (χ4n) is 6.47. The molecule has 2 N–H and O–H groups in total. The van der Waals surface area contributed by atoms with Gasteiger partial charge in [0.15, 0.2) is 5.78 Å². The summed E-state index contributed by atoms with van der Waals surface area (Å²) in [6, 6.07) is 23.0. The highest BCUT2D eigenvalue weighted by atomic mass is 35.5. The van der Waals surface area contributed by atoms with Crippen LogP contribution in [-0.2, 0) is 25.9 Å². The first-order valence-electron chi connectivity index (χ1n) is 15.7. The third-order valence-corrected chi connectivity index (χ3v) is 9.19. The van der Waals surface area contributed by atoms with Crippen molar-refractivity contribution in [3.63, 3.8) is 0 Å². The predicted molar refractivity (Wildman–Crippen MR) is 186 cm³/mol. The Morgan fingerprint density at radius 1 is 0.795 bits per heavy atom. The molecule has 0 bridgehead atoms. The van der Waals surface area contributed by atoms with Crippen molar-refractivity contribution in [2.75, 3.05) is 38.5 Å². The first-order valence-corrected chi connectivity index (χ1v) is 15.7. The van der Waals surface area contributed by atoms with Gasteiger partial charge in [0.2, 0.25) is 0 Å². The van der Waals surface area contributed by atoms with Gasteiger partial charge in [-0.3, -0.25) is 14.6 Å². The zero-order valence-electron chi connectivity index (χ0n) is 26.1. The molecular formula is C36H48Cl2N4O2. The van der Waals surface area contributed by atoms with Crippen LogP contribution in [0.2, 0.25) is 0 Å². The van der Waals surface area contributed by atoms with Gasteiger partial charge >= 0.3 is 6.03 Å². The Labute approximate surface area is 275 Å². The minimum absolute atomic E-state index is 0. The highest BCUT2D eigenvalue weighted by Gasteiger charge is 2.21. The van der Waals surface area contributed by atoms with Gasteiger partial charge in [0.1, 0.15) is 0 Å². The van der Waals surface area contributed by atoms with Crippen LogP contribution in [-0.4, -0.2) is 54.8 Å². The maximum Gasteiger partial charge on any atom is 0.318 e. The highest BCUT2D eigenvalue weighted by molar-refractivity contribution is 5.96. The maximum atomic E-state index is 13.1. The van der Waals surface area contributed by atoms with E-state index >= 15 is 0 Å². The maximum absolute atomic E-state index is 13.1. The van der Waals surface area contributed by atoms with Crippen LogP contribution < -0.4 is 10.6 Å². The minimum Gasteiger partial charge on any atom is -0.341 e. The van der Waals surface area contributed by atoms with Crippen molar-refractivity contribution in [1.29, 1.82) is 0 Å². The molecule has 238 valence electrons. The lowest BCUT2D eigenvalue weighted by molar-refractivity contribution is 0.0974. The number of Topliss-reactive ketones (excluding diaryl/α,β-unsaturated/α-hetero) is 1. The van der Waals surface area contributed by atoms with Gasteiger partial charge in [-0.05, 0) is 104 Å². The van der Waals surface area contributed by atoms with Gasteiger partial charge in [-0.25, -0.2) is 4.79 Å². The molecule has 1 saturated heterocycles. The van der Waals surface area contributed by atoms with Crippen LogP contribution in [0, 0.1) is 12.8 Å². The molecule has 8 heteroatoms. The van der Waals surface area contributed by atoms with Crippen LogP contribution in [0.25, 0.3) is 0 Å². The molecule has 0 atom stereocenters. The van der Waals surface area contributed by atoms with Gasteiger partial charge in [0, 0.05) is 50.9 Å². The standard InChI is InChI=1S/C36H46N4O2.2ClH/c1-27-8-3-4-10-32(27)25-40-22-18-29-14-15-31(24-30(29)19-23-40)35(41)13-7-9-28-16-20-39(21-17-28)26-33-11-5-6-12-34(33)38-36(42)37-2;;/h3-6,8,10-12,14-15,24,28H,7,9,13,16-23,25-26H2,1-2H3,(H2,37,38,42);2*1H. The molecule has 2 aliphatic rings. The largest absolute Gasteiger partial charge is 0.341 e. The number of fused-ring (bicyclic) bond motifs is 1. The quantitative estimate of drug-likeness (QED) is 0.226. The van der Waals surface area contributed by atoms with Gasteiger partial charge < -0.3 is 10.6 Å². The molecule has 0 aromatic heterocycles. The number of hydrogen-bond acceptors (Lipinski definition) is 4. The van der Waals surface area contributed by atoms with Crippen molar-refractivity contribution in [2.24, 2.45) is 5.92 Å². The molecular weight excluding hydrogens is 591 g/mol. The van der Waals surface area contributed by atoms with Crippen LogP contribution in [0.1, 0.15) is 70.3 Å². The monoisotopic (exact) mass is 638 g/mol. The van der Waals surface area contributed by atoms with Crippen molar-refractivity contribution >= 4 is 42.3 Å². The van der Waals surface area contributed by atoms with Gasteiger partial charge in [-0.15, -0.1) is 24.8 Å². The number of nitrogens with one attached hydrogen (secondary N) is 2. The molecule has 0 radical (unpaired) electrons. The van der Waals surface area contributed by atoms with Crippen LogP contribution in [0.15, 0.2) is 66.7 Å². The average Bonchev–Trinajstić information content (AvgIpc) is 3.21. The second-order valence-electron chi connectivity index (χ2n) is 12.1. The van der Waals surface area contributed by atoms with Crippen molar-refractivity contribution < 1.29 is 9.59 Å². The summed E-state index contributed by atoms with van der Waals surface area (Å²) in [7, 11) is 1.63. The fraction of sp³-hybridized carbons (Fsp3) is 0.444. The van der Waals surface area contributed by atoms with Crippen LogP contribution in [0.5, 0.6) is 0 Å². The smallest absolute Gasteiger partial charge is 0.318 e. The van der Waals surface area contributed by atoms with E-state index in [0.717, 1.165) is 94.6 Å². The summed E-state index contributed by atoms with van der Waals surface area (Å²) in [6.07, 6.45) is 7.10. The summed E-state index contributed by atoms with van der Waals surface area (Å²) in [5.74, 6) is 0.969. The van der Waals surface area contributed by atoms with E-state index in [1.54, 1.807) is 7.05 Å². The van der Waals surface area contributed by atoms with E-state index in [1.165, 1.54) is 22.3 Å². The van der Waals surface area contributed by atoms with E-state index in [9.17, 15) is 9.59 Å². The van der Waals surface area contributed by atoms with Crippen molar-refractivity contribution in [1.82, 2.24) is 15.1 Å². The zero-order valence-corrected chi connectivity index (χ0v) is 27.8. The number of aryl methyl sites for hydroxylation is 1. The van der Waals surface area contributed by atoms with Crippen molar-refractivity contribution in [2.45, 2.75) is 65.0 Å². The molecule has 2 amide bonds. The molecule has 44 heavy (non-hydrogen) atoms. The topological polar surface area (TPSA) is 64.7 Å². The third-order valence-electron chi connectivity index (χ3n) is 9.19. The van der Waals surface area contributed by atoms with E-state index < -0.39 is 0 Å². The molecule has 6 nitrogen and oxygen atoms in total. The Morgan fingerprint density at radius 2 is 1.43 bits per heavy atom. The van der Waals surface area contributed by atoms with Gasteiger partial charge in [-0.1, -0.05) is 54.6 Å². The minimum atomic E-state index is -0.192. The molecule has 3 aromatic rings. The molecule has 1 fully saturated rings. The van der Waals surface area contributed by atoms with E-state index in [-0.39, 0.29) is 36.6 Å². The van der Waals surface area contributed by atoms with E-state index in [4.69, 9.17) is 0 Å². The summed E-state index contributed by atoms with van der Waals surface area (Å²) in [6.45, 7) is 8.23. The van der Waals surface area contributed by atoms with Crippen molar-refractivity contribution in [3.8, 4) is 0 Å². The lowest BCUT2D eigenvalue weighted by Gasteiger charge is -2.32. The first-order chi connectivity index (χ1) is 20.5. The number of carbonyl (C=O) groups is 2. The average molecular weight is 640 g/mol. The lowest BCUT2D eigenvalue weighted by atomic mass is 9.90. The van der Waals surface area contributed by atoms with Gasteiger partial charge in [0.05, 0.1) is 0 Å². The first kappa shape index (κ1) is 35.6. The molecule has 3 aromatic carbocycles. The number of halogens is 2. The summed E-state index contributed by atoms with van der Waals surface area (Å²) in [5, 5.41) is 5.56. The van der Waals surface area contributed by atoms with E-state index in [2.05, 4.69) is 75.9 Å². The van der Waals surface area contributed by atoms with Gasteiger partial charge in [0.25, 0.3) is 0 Å². The summed E-state index contributed by atoms with van der Waals surface area (Å²) in [4.78, 5) is 30.0. The third kappa shape index (κ3) is 9.80. The number of benzene rings is 3. The Morgan fingerprint density at radius 3 is 2.16 bits per heavy atom. The fourth-order valence-corrected chi connectivity index (χ4v) is 6.47. The molecule has 2 heterocycles. The Hall–Kier alpha value is -2.90. The van der Waals surface area contributed by atoms with E-state index in [0.29, 0.717) is 12.3 Å². The number of likely N-dealkylation sites (tertiary alicyclic amines) is 1. The van der Waals surface area contributed by atoms with Crippen LogP contribution in [0.3, 0.4) is 0 Å². The van der Waals surface area contributed by atoms with Crippen molar-refractivity contribution in [3.05, 3.63) is 100 Å². The number of para-hydroxylation sites is 1. The summed E-state index contributed by atoms with van der Waals surface area (Å²) >= 11 is 0. The number of urea groups is 1. The number of carbonyl (C=O) groups excluding carboxylic acids is 2. The normalized spacial score (nSPS) is 15.7. The Balaban J connectivity index is 0.00000264. The molecule has 5 rings (SSSR count). The number of ketones is 1. The SMILES string of the molecule is CNC(=O)Nc1ccccc1CN1CCC(CCCC(=O)c2ccc3c(c2)CCN(Cc2ccccc2C)CC3)CC1.Cl.Cl. The number of nitrogens with zero attached hydrogens (tertiary/aromatic N) is 2. The van der Waals surface area contributed by atoms with Crippen LogP contribution >= 0.6 is 24.8 Å². The number of hydrogen-bond donors (Lipinski definition) is 2. The Kier molecular flexibility index (Phi) is 14.2. The summed E-state index contributed by atoms with van der Waals surface area (Å²) in [5.41, 5.74) is 8.42. The molecule has 2 aliphatic heterocycles. The second-order valence-corrected chi connectivity index (χ2v) is 12.1. The Bertz CT molecular complexity index is 1370. The lowest BCUT2D eigenvalue weighted by Crippen LogP contribution is -2.33. The zero-order chi connectivity index (χ0) is 29.3. The highest BCUT2D eigenvalue weighted by Crippen LogP contribution is 2.27. The van der Waals surface area contributed by atoms with Crippen LogP contribution in [0.4, 0.5) is 10.5 Å². The number of rotatable bonds is 10. The molecule has 0 unspecified atom stereocenters. The number of amides is 2. The number of piperidine rings is 1. The molecule has 0 aliphatic carbocycles. The number of anilines is 1. The van der Waals surface area contributed by atoms with Gasteiger partial charge in [-0.2, -0.15) is 0 Å². The molecule has 0 spiro atoms. The second kappa shape index (κ2) is 17.6. The molecule has 0 saturated carbocycles. The summed E-state index contributed by atoms with van der Waals surface area (Å²) < 4.78 is 0. The van der Waals surface area contributed by atoms with E-state index in [1.807, 2.05) is 18.2 Å². The predicted octanol–water partition coefficient (Wildman–Crippen LogP) is 7.46.